The average molecular weight is 316 g/mol. The van der Waals surface area contributed by atoms with Gasteiger partial charge in [-0.15, -0.1) is 0 Å². The standard InChI is InChI=1S/C18H15F2OP/c1-18(19,20)22(21,16-9-3-2-4-10-16)17-12-11-14-7-5-6-8-15(14)13-17/h2-13H,1H3. The Hall–Kier alpha value is -1.99. The Kier molecular flexibility index (Phi) is 3.62. The molecule has 3 aromatic rings. The van der Waals surface area contributed by atoms with Crippen molar-refractivity contribution in [1.29, 1.82) is 0 Å². The highest BCUT2D eigenvalue weighted by atomic mass is 31.2. The van der Waals surface area contributed by atoms with Gasteiger partial charge >= 0.3 is 5.66 Å². The van der Waals surface area contributed by atoms with Crippen LogP contribution in [0.25, 0.3) is 10.8 Å². The largest absolute Gasteiger partial charge is 0.307 e. The molecule has 0 spiro atoms. The minimum atomic E-state index is -4.05. The maximum atomic E-state index is 14.3. The summed E-state index contributed by atoms with van der Waals surface area (Å²) in [5.41, 5.74) is -3.32. The molecule has 0 saturated heterocycles. The summed E-state index contributed by atoms with van der Waals surface area (Å²) in [5.74, 6) is 0. The number of benzene rings is 3. The van der Waals surface area contributed by atoms with E-state index in [1.54, 1.807) is 36.4 Å². The molecule has 22 heavy (non-hydrogen) atoms. The molecule has 0 fully saturated rings. The Morgan fingerprint density at radius 2 is 1.36 bits per heavy atom. The zero-order valence-corrected chi connectivity index (χ0v) is 12.9. The van der Waals surface area contributed by atoms with Crippen molar-refractivity contribution in [2.45, 2.75) is 12.6 Å². The Morgan fingerprint density at radius 3 is 2.00 bits per heavy atom. The van der Waals surface area contributed by atoms with Gasteiger partial charge in [0.25, 0.3) is 0 Å². The number of fused-ring (bicyclic) bond motifs is 1. The van der Waals surface area contributed by atoms with Gasteiger partial charge in [-0.25, -0.2) is 0 Å². The molecule has 0 heterocycles. The minimum Gasteiger partial charge on any atom is -0.307 e. The highest BCUT2D eigenvalue weighted by molar-refractivity contribution is 7.79. The van der Waals surface area contributed by atoms with Crippen LogP contribution in [0.3, 0.4) is 0 Å². The predicted molar refractivity (Wildman–Crippen MR) is 87.9 cm³/mol. The fourth-order valence-electron chi connectivity index (χ4n) is 2.61. The molecule has 1 unspecified atom stereocenters. The van der Waals surface area contributed by atoms with E-state index in [2.05, 4.69) is 0 Å². The lowest BCUT2D eigenvalue weighted by atomic mass is 10.1. The summed E-state index contributed by atoms with van der Waals surface area (Å²) in [7, 11) is -4.05. The zero-order chi connectivity index (χ0) is 15.8. The van der Waals surface area contributed by atoms with E-state index < -0.39 is 12.8 Å². The molecule has 3 rings (SSSR count). The molecule has 112 valence electrons. The molecule has 1 atom stereocenters. The highest BCUT2D eigenvalue weighted by Crippen LogP contribution is 2.57. The van der Waals surface area contributed by atoms with Gasteiger partial charge in [-0.2, -0.15) is 8.78 Å². The molecule has 4 heteroatoms. The van der Waals surface area contributed by atoms with Crippen LogP contribution in [0.15, 0.2) is 72.8 Å². The van der Waals surface area contributed by atoms with Gasteiger partial charge in [-0.3, -0.25) is 0 Å². The molecule has 0 N–H and O–H groups in total. The number of alkyl halides is 2. The van der Waals surface area contributed by atoms with Crippen molar-refractivity contribution in [3.63, 3.8) is 0 Å². The van der Waals surface area contributed by atoms with E-state index in [0.29, 0.717) is 0 Å². The van der Waals surface area contributed by atoms with Crippen LogP contribution >= 0.6 is 7.14 Å². The highest BCUT2D eigenvalue weighted by Gasteiger charge is 2.48. The summed E-state index contributed by atoms with van der Waals surface area (Å²) in [4.78, 5) is 0. The minimum absolute atomic E-state index is 0.179. The number of hydrogen-bond donors (Lipinski definition) is 0. The molecule has 0 saturated carbocycles. The first-order valence-electron chi connectivity index (χ1n) is 6.96. The van der Waals surface area contributed by atoms with Crippen LogP contribution in [-0.2, 0) is 4.57 Å². The third-order valence-corrected chi connectivity index (χ3v) is 6.91. The lowest BCUT2D eigenvalue weighted by molar-refractivity contribution is 0.115. The third kappa shape index (κ3) is 2.36. The van der Waals surface area contributed by atoms with E-state index in [0.717, 1.165) is 17.7 Å². The Bertz CT molecular complexity index is 854. The Labute approximate surface area is 128 Å². The quantitative estimate of drug-likeness (QED) is 0.636. The molecular formula is C18H15F2OP. The Morgan fingerprint density at radius 1 is 0.773 bits per heavy atom. The van der Waals surface area contributed by atoms with E-state index >= 15 is 0 Å². The molecule has 0 bridgehead atoms. The molecule has 0 amide bonds. The first kappa shape index (κ1) is 14.9. The molecular weight excluding hydrogens is 301 g/mol. The topological polar surface area (TPSA) is 17.1 Å². The van der Waals surface area contributed by atoms with Gasteiger partial charge in [-0.05, 0) is 16.8 Å². The smallest absolute Gasteiger partial charge is 0.303 e. The molecule has 0 radical (unpaired) electrons. The van der Waals surface area contributed by atoms with Gasteiger partial charge in [0.1, 0.15) is 0 Å². The van der Waals surface area contributed by atoms with Gasteiger partial charge in [0.05, 0.1) is 0 Å². The van der Waals surface area contributed by atoms with E-state index in [9.17, 15) is 13.3 Å². The van der Waals surface area contributed by atoms with Gasteiger partial charge < -0.3 is 4.57 Å². The normalized spacial score (nSPS) is 14.7. The lowest BCUT2D eigenvalue weighted by Gasteiger charge is -2.25. The van der Waals surface area contributed by atoms with E-state index in [1.165, 1.54) is 12.1 Å². The molecule has 0 aromatic heterocycles. The van der Waals surface area contributed by atoms with Crippen LogP contribution in [0.2, 0.25) is 0 Å². The van der Waals surface area contributed by atoms with Crippen LogP contribution in [0.5, 0.6) is 0 Å². The number of hydrogen-bond acceptors (Lipinski definition) is 1. The predicted octanol–water partition coefficient (Wildman–Crippen LogP) is 4.77. The monoisotopic (exact) mass is 316 g/mol. The molecule has 0 aliphatic carbocycles. The van der Waals surface area contributed by atoms with Crippen molar-refractivity contribution in [2.24, 2.45) is 0 Å². The summed E-state index contributed by atoms with van der Waals surface area (Å²) in [6.07, 6.45) is 0. The van der Waals surface area contributed by atoms with Crippen LogP contribution in [0.1, 0.15) is 6.92 Å². The number of rotatable bonds is 3. The van der Waals surface area contributed by atoms with Crippen LogP contribution < -0.4 is 10.6 Å². The number of halogens is 2. The van der Waals surface area contributed by atoms with Crippen molar-refractivity contribution in [2.75, 3.05) is 0 Å². The van der Waals surface area contributed by atoms with E-state index in [1.807, 2.05) is 24.3 Å². The zero-order valence-electron chi connectivity index (χ0n) is 12.0. The Balaban J connectivity index is 2.28. The van der Waals surface area contributed by atoms with Crippen molar-refractivity contribution in [1.82, 2.24) is 0 Å². The van der Waals surface area contributed by atoms with Crippen molar-refractivity contribution in [3.05, 3.63) is 72.8 Å². The fraction of sp³-hybridized carbons (Fsp3) is 0.111. The average Bonchev–Trinajstić information content (AvgIpc) is 2.53. The maximum absolute atomic E-state index is 14.3. The maximum Gasteiger partial charge on any atom is 0.303 e. The summed E-state index contributed by atoms with van der Waals surface area (Å²) in [5, 5.41) is 2.10. The van der Waals surface area contributed by atoms with Crippen LogP contribution in [-0.4, -0.2) is 5.66 Å². The summed E-state index contributed by atoms with van der Waals surface area (Å²) >= 11 is 0. The van der Waals surface area contributed by atoms with E-state index in [-0.39, 0.29) is 10.6 Å². The first-order chi connectivity index (χ1) is 10.4. The molecule has 0 aliphatic rings. The lowest BCUT2D eigenvalue weighted by Crippen LogP contribution is -2.28. The summed E-state index contributed by atoms with van der Waals surface area (Å²) in [6.45, 7) is 0.732. The van der Waals surface area contributed by atoms with E-state index in [4.69, 9.17) is 0 Å². The second kappa shape index (κ2) is 5.33. The third-order valence-electron chi connectivity index (χ3n) is 3.77. The van der Waals surface area contributed by atoms with Crippen LogP contribution in [0, 0.1) is 0 Å². The van der Waals surface area contributed by atoms with Gasteiger partial charge in [-0.1, -0.05) is 66.7 Å². The van der Waals surface area contributed by atoms with Crippen molar-refractivity contribution < 1.29 is 13.3 Å². The van der Waals surface area contributed by atoms with Gasteiger partial charge in [0, 0.05) is 17.5 Å². The van der Waals surface area contributed by atoms with Crippen LogP contribution in [0.4, 0.5) is 8.78 Å². The summed E-state index contributed by atoms with van der Waals surface area (Å²) < 4.78 is 41.9. The molecule has 0 aliphatic heterocycles. The fourth-order valence-corrected chi connectivity index (χ4v) is 5.02. The molecule has 3 aromatic carbocycles. The summed E-state index contributed by atoms with van der Waals surface area (Å²) in [6, 6.07) is 20.4. The SMILES string of the molecule is CC(F)(F)P(=O)(c1ccccc1)c1ccc2ccccc2c1. The second-order valence-electron chi connectivity index (χ2n) is 5.32. The second-order valence-corrected chi connectivity index (χ2v) is 8.35. The van der Waals surface area contributed by atoms with Gasteiger partial charge in [0.15, 0.2) is 0 Å². The van der Waals surface area contributed by atoms with Crippen molar-refractivity contribution in [3.8, 4) is 0 Å². The molecule has 1 nitrogen and oxygen atoms in total. The van der Waals surface area contributed by atoms with Crippen molar-refractivity contribution >= 4 is 28.5 Å². The first-order valence-corrected chi connectivity index (χ1v) is 8.66. The van der Waals surface area contributed by atoms with Gasteiger partial charge in [0.2, 0.25) is 7.14 Å².